The monoisotopic (exact) mass is 418 g/mol. The summed E-state index contributed by atoms with van der Waals surface area (Å²) in [5, 5.41) is 9.29. The van der Waals surface area contributed by atoms with E-state index in [2.05, 4.69) is 13.0 Å². The first-order chi connectivity index (χ1) is 11.7. The third-order valence-corrected chi connectivity index (χ3v) is 5.40. The van der Waals surface area contributed by atoms with E-state index < -0.39 is 0 Å². The molecule has 0 aliphatic carbocycles. The number of aryl methyl sites for hydroxylation is 1. The molecule has 0 N–H and O–H groups in total. The number of rotatable bonds is 7. The van der Waals surface area contributed by atoms with Crippen molar-refractivity contribution in [3.8, 4) is 11.8 Å². The van der Waals surface area contributed by atoms with E-state index in [4.69, 9.17) is 4.74 Å². The zero-order valence-electron chi connectivity index (χ0n) is 16.1. The number of para-hydroxylation sites is 1. The number of hydrogen-bond donors (Lipinski definition) is 0. The standard InChI is InChI=1S/C21H33N2O.Y/c1-3-4-13-23(14-8-6-5-7-9-15-23)16-17-24-21-19(2)11-10-12-20(21)18-22;/h10-12H,3-9,13-17H2,1-2H3;/q+1;. The fourth-order valence-corrected chi connectivity index (χ4v) is 3.86. The molecule has 0 unspecified atom stereocenters. The number of likely N-dealkylation sites (tertiary alicyclic amines) is 1. The summed E-state index contributed by atoms with van der Waals surface area (Å²) in [7, 11) is 0. The molecule has 4 heteroatoms. The second-order valence-corrected chi connectivity index (χ2v) is 7.27. The average Bonchev–Trinajstić information content (AvgIpc) is 2.57. The molecule has 3 nitrogen and oxygen atoms in total. The molecule has 0 atom stereocenters. The molecule has 2 rings (SSSR count). The largest absolute Gasteiger partial charge is 0.486 e. The Morgan fingerprint density at radius 2 is 1.76 bits per heavy atom. The second kappa shape index (κ2) is 12.1. The number of quaternary nitrogens is 1. The maximum atomic E-state index is 9.29. The van der Waals surface area contributed by atoms with Crippen LogP contribution in [0.1, 0.15) is 63.0 Å². The molecule has 25 heavy (non-hydrogen) atoms. The molecule has 1 saturated heterocycles. The Labute approximate surface area is 179 Å². The van der Waals surface area contributed by atoms with Gasteiger partial charge >= 0.3 is 0 Å². The molecule has 1 heterocycles. The number of hydrogen-bond acceptors (Lipinski definition) is 2. The van der Waals surface area contributed by atoms with Gasteiger partial charge in [0.05, 0.1) is 25.2 Å². The fourth-order valence-electron chi connectivity index (χ4n) is 3.86. The van der Waals surface area contributed by atoms with Gasteiger partial charge < -0.3 is 9.22 Å². The molecular weight excluding hydrogens is 385 g/mol. The smallest absolute Gasteiger partial charge is 0.140 e. The zero-order chi connectivity index (χ0) is 17.3. The predicted molar refractivity (Wildman–Crippen MR) is 99.1 cm³/mol. The van der Waals surface area contributed by atoms with Gasteiger partial charge in [-0.05, 0) is 50.7 Å². The van der Waals surface area contributed by atoms with Crippen molar-refractivity contribution in [1.82, 2.24) is 0 Å². The van der Waals surface area contributed by atoms with E-state index >= 15 is 0 Å². The van der Waals surface area contributed by atoms with Crippen molar-refractivity contribution in [3.05, 3.63) is 29.3 Å². The van der Waals surface area contributed by atoms with E-state index in [1.165, 1.54) is 69.1 Å². The summed E-state index contributed by atoms with van der Waals surface area (Å²) >= 11 is 0. The van der Waals surface area contributed by atoms with Crippen LogP contribution in [0.25, 0.3) is 0 Å². The molecule has 1 radical (unpaired) electrons. The normalized spacial score (nSPS) is 16.8. The van der Waals surface area contributed by atoms with Crippen LogP contribution in [-0.4, -0.2) is 37.3 Å². The molecule has 0 amide bonds. The topological polar surface area (TPSA) is 33.0 Å². The minimum Gasteiger partial charge on any atom is -0.486 e. The molecule has 135 valence electrons. The molecule has 1 aliphatic heterocycles. The third-order valence-electron chi connectivity index (χ3n) is 5.40. The summed E-state index contributed by atoms with van der Waals surface area (Å²) in [4.78, 5) is 0. The number of unbranched alkanes of at least 4 members (excludes halogenated alkanes) is 1. The summed E-state index contributed by atoms with van der Waals surface area (Å²) in [5.74, 6) is 0.778. The summed E-state index contributed by atoms with van der Waals surface area (Å²) in [6, 6.07) is 8.05. The Kier molecular flexibility index (Phi) is 10.9. The summed E-state index contributed by atoms with van der Waals surface area (Å²) in [6.45, 7) is 9.95. The van der Waals surface area contributed by atoms with Crippen LogP contribution in [0.15, 0.2) is 18.2 Å². The Bertz CT molecular complexity index is 540. The first kappa shape index (κ1) is 22.6. The van der Waals surface area contributed by atoms with Gasteiger partial charge in [-0.15, -0.1) is 0 Å². The maximum Gasteiger partial charge on any atom is 0.140 e. The quantitative estimate of drug-likeness (QED) is 0.595. The van der Waals surface area contributed by atoms with E-state index in [0.717, 1.165) is 17.9 Å². The molecule has 0 saturated carbocycles. The van der Waals surface area contributed by atoms with Crippen molar-refractivity contribution in [2.24, 2.45) is 0 Å². The van der Waals surface area contributed by atoms with Gasteiger partial charge in [-0.25, -0.2) is 0 Å². The Balaban J connectivity index is 0.00000312. The minimum absolute atomic E-state index is 0. The van der Waals surface area contributed by atoms with Crippen LogP contribution in [0.4, 0.5) is 0 Å². The fraction of sp³-hybridized carbons (Fsp3) is 0.667. The Morgan fingerprint density at radius 1 is 1.08 bits per heavy atom. The van der Waals surface area contributed by atoms with Crippen LogP contribution in [0.2, 0.25) is 0 Å². The predicted octanol–water partition coefficient (Wildman–Crippen LogP) is 4.82. The molecule has 0 spiro atoms. The van der Waals surface area contributed by atoms with Gasteiger partial charge in [0, 0.05) is 32.7 Å². The maximum absolute atomic E-state index is 9.29. The van der Waals surface area contributed by atoms with E-state index in [-0.39, 0.29) is 32.7 Å². The summed E-state index contributed by atoms with van der Waals surface area (Å²) in [5.41, 5.74) is 1.71. The van der Waals surface area contributed by atoms with E-state index in [0.29, 0.717) is 12.2 Å². The van der Waals surface area contributed by atoms with Gasteiger partial charge in [-0.1, -0.05) is 31.9 Å². The number of benzene rings is 1. The van der Waals surface area contributed by atoms with Gasteiger partial charge in [0.15, 0.2) is 0 Å². The van der Waals surface area contributed by atoms with Gasteiger partial charge in [0.2, 0.25) is 0 Å². The van der Waals surface area contributed by atoms with Crippen molar-refractivity contribution in [3.63, 3.8) is 0 Å². The van der Waals surface area contributed by atoms with Crippen LogP contribution >= 0.6 is 0 Å². The molecule has 0 bridgehead atoms. The van der Waals surface area contributed by atoms with Crippen LogP contribution in [0.5, 0.6) is 5.75 Å². The van der Waals surface area contributed by atoms with Crippen molar-refractivity contribution < 1.29 is 41.9 Å². The van der Waals surface area contributed by atoms with Crippen LogP contribution in [0.3, 0.4) is 0 Å². The second-order valence-electron chi connectivity index (χ2n) is 7.27. The average molecular weight is 418 g/mol. The van der Waals surface area contributed by atoms with Gasteiger partial charge in [0.25, 0.3) is 0 Å². The minimum atomic E-state index is 0. The SMILES string of the molecule is CCCC[N+]1(CCOc2c(C)cccc2C#N)CCCCCCC1.[Y]. The molecule has 1 aromatic rings. The summed E-state index contributed by atoms with van der Waals surface area (Å²) < 4.78 is 7.31. The molecule has 1 aromatic carbocycles. The molecule has 1 aliphatic rings. The Morgan fingerprint density at radius 3 is 2.40 bits per heavy atom. The zero-order valence-corrected chi connectivity index (χ0v) is 18.9. The van der Waals surface area contributed by atoms with E-state index in [1.807, 2.05) is 25.1 Å². The summed E-state index contributed by atoms with van der Waals surface area (Å²) in [6.07, 6.45) is 9.41. The van der Waals surface area contributed by atoms with Crippen LogP contribution in [-0.2, 0) is 32.7 Å². The number of nitriles is 1. The first-order valence-corrected chi connectivity index (χ1v) is 9.68. The molecule has 1 fully saturated rings. The third kappa shape index (κ3) is 7.01. The van der Waals surface area contributed by atoms with E-state index in [1.54, 1.807) is 0 Å². The van der Waals surface area contributed by atoms with Crippen molar-refractivity contribution in [1.29, 1.82) is 5.26 Å². The van der Waals surface area contributed by atoms with Crippen molar-refractivity contribution >= 4 is 0 Å². The number of nitrogens with zero attached hydrogens (tertiary/aromatic N) is 2. The molecule has 0 aromatic heterocycles. The van der Waals surface area contributed by atoms with Crippen LogP contribution in [0, 0.1) is 18.3 Å². The van der Waals surface area contributed by atoms with Crippen molar-refractivity contribution in [2.75, 3.05) is 32.8 Å². The first-order valence-electron chi connectivity index (χ1n) is 9.68. The van der Waals surface area contributed by atoms with E-state index in [9.17, 15) is 5.26 Å². The van der Waals surface area contributed by atoms with Crippen LogP contribution < -0.4 is 4.74 Å². The Hall–Kier alpha value is -0.426. The van der Waals surface area contributed by atoms with Crippen molar-refractivity contribution in [2.45, 2.75) is 58.8 Å². The molecular formula is C21H33N2OY+. The van der Waals surface area contributed by atoms with Gasteiger partial charge in [0.1, 0.15) is 25.0 Å². The van der Waals surface area contributed by atoms with Gasteiger partial charge in [-0.2, -0.15) is 5.26 Å². The van der Waals surface area contributed by atoms with Gasteiger partial charge in [-0.3, -0.25) is 0 Å². The number of ether oxygens (including phenoxy) is 1.